The van der Waals surface area contributed by atoms with Gasteiger partial charge in [-0.1, -0.05) is 29.8 Å². The number of ether oxygens (including phenoxy) is 1. The van der Waals surface area contributed by atoms with Gasteiger partial charge in [-0.15, -0.1) is 0 Å². The highest BCUT2D eigenvalue weighted by Crippen LogP contribution is 2.34. The van der Waals surface area contributed by atoms with Crippen molar-refractivity contribution in [3.8, 4) is 5.69 Å². The first kappa shape index (κ1) is 23.9. The summed E-state index contributed by atoms with van der Waals surface area (Å²) in [6.45, 7) is 3.87. The van der Waals surface area contributed by atoms with Crippen molar-refractivity contribution in [3.63, 3.8) is 0 Å². The molecule has 0 radical (unpaired) electrons. The third-order valence-corrected chi connectivity index (χ3v) is 5.74. The lowest BCUT2D eigenvalue weighted by molar-refractivity contribution is -0.143. The number of nitrogens with zero attached hydrogens (tertiary/aromatic N) is 3. The molecule has 1 unspecified atom stereocenters. The second kappa shape index (κ2) is 9.94. The number of benzene rings is 2. The van der Waals surface area contributed by atoms with E-state index in [0.29, 0.717) is 31.9 Å². The van der Waals surface area contributed by atoms with Crippen molar-refractivity contribution in [1.82, 2.24) is 20.0 Å². The zero-order valence-electron chi connectivity index (χ0n) is 18.5. The standard InChI is InChI=1S/C24H24F4N4O2/c1-16-5-7-19(8-6-16)32-22(24(26,27)28)20(14-30-32)23(33)29-15-21(31-9-11-34-12-10-31)17-3-2-4-18(25)13-17/h2-8,13-14,21H,9-12,15H2,1H3,(H,29,33). The molecular weight excluding hydrogens is 452 g/mol. The number of hydrogen-bond donors (Lipinski definition) is 1. The molecule has 1 N–H and O–H groups in total. The summed E-state index contributed by atoms with van der Waals surface area (Å²) >= 11 is 0. The number of morpholine rings is 1. The molecule has 10 heteroatoms. The lowest BCUT2D eigenvalue weighted by Gasteiger charge is -2.35. The van der Waals surface area contributed by atoms with Crippen molar-refractivity contribution >= 4 is 5.91 Å². The van der Waals surface area contributed by atoms with Crippen LogP contribution in [0.2, 0.25) is 0 Å². The van der Waals surface area contributed by atoms with Gasteiger partial charge < -0.3 is 10.1 Å². The van der Waals surface area contributed by atoms with Crippen LogP contribution in [0.3, 0.4) is 0 Å². The van der Waals surface area contributed by atoms with Gasteiger partial charge in [-0.25, -0.2) is 9.07 Å². The maximum Gasteiger partial charge on any atom is 0.434 e. The Kier molecular flexibility index (Phi) is 6.99. The zero-order valence-corrected chi connectivity index (χ0v) is 18.5. The molecule has 3 aromatic rings. The van der Waals surface area contributed by atoms with Crippen LogP contribution in [0.1, 0.15) is 33.2 Å². The predicted octanol–water partition coefficient (Wildman–Crippen LogP) is 4.14. The molecule has 2 aromatic carbocycles. The largest absolute Gasteiger partial charge is 0.434 e. The van der Waals surface area contributed by atoms with Gasteiger partial charge in [-0.3, -0.25) is 9.69 Å². The van der Waals surface area contributed by atoms with Crippen LogP contribution < -0.4 is 5.32 Å². The van der Waals surface area contributed by atoms with Crippen LogP contribution in [0.25, 0.3) is 5.69 Å². The van der Waals surface area contributed by atoms with Gasteiger partial charge >= 0.3 is 6.18 Å². The molecule has 1 aromatic heterocycles. The van der Waals surface area contributed by atoms with Crippen molar-refractivity contribution in [2.24, 2.45) is 0 Å². The lowest BCUT2D eigenvalue weighted by atomic mass is 10.0. The summed E-state index contributed by atoms with van der Waals surface area (Å²) in [5.74, 6) is -1.33. The number of halogens is 4. The summed E-state index contributed by atoms with van der Waals surface area (Å²) in [5.41, 5.74) is -0.0268. The molecule has 1 fully saturated rings. The van der Waals surface area contributed by atoms with E-state index in [2.05, 4.69) is 10.4 Å². The summed E-state index contributed by atoms with van der Waals surface area (Å²) < 4.78 is 61.8. The summed E-state index contributed by atoms with van der Waals surface area (Å²) in [6.07, 6.45) is -3.88. The molecule has 6 nitrogen and oxygen atoms in total. The smallest absolute Gasteiger partial charge is 0.379 e. The van der Waals surface area contributed by atoms with Crippen molar-refractivity contribution in [1.29, 1.82) is 0 Å². The van der Waals surface area contributed by atoms with Gasteiger partial charge in [0.05, 0.1) is 36.7 Å². The lowest BCUT2D eigenvalue weighted by Crippen LogP contribution is -2.44. The SMILES string of the molecule is Cc1ccc(-n2ncc(C(=O)NCC(c3cccc(F)c3)N3CCOCC3)c2C(F)(F)F)cc1. The monoisotopic (exact) mass is 476 g/mol. The molecule has 2 heterocycles. The van der Waals surface area contributed by atoms with Crippen molar-refractivity contribution < 1.29 is 27.1 Å². The Hall–Kier alpha value is -3.24. The zero-order chi connectivity index (χ0) is 24.3. The number of carbonyl (C=O) groups excluding carboxylic acids is 1. The highest BCUT2D eigenvalue weighted by atomic mass is 19.4. The molecule has 0 saturated carbocycles. The van der Waals surface area contributed by atoms with Gasteiger partial charge in [-0.05, 0) is 36.8 Å². The van der Waals surface area contributed by atoms with Gasteiger partial charge in [0.2, 0.25) is 0 Å². The van der Waals surface area contributed by atoms with E-state index in [0.717, 1.165) is 16.4 Å². The summed E-state index contributed by atoms with van der Waals surface area (Å²) in [7, 11) is 0. The van der Waals surface area contributed by atoms with Gasteiger partial charge in [0.15, 0.2) is 5.69 Å². The maximum absolute atomic E-state index is 14.0. The van der Waals surface area contributed by atoms with Crippen molar-refractivity contribution in [3.05, 3.63) is 82.9 Å². The molecule has 1 atom stereocenters. The molecule has 1 amide bonds. The van der Waals surface area contributed by atoms with E-state index in [9.17, 15) is 22.4 Å². The molecule has 1 saturated heterocycles. The Morgan fingerprint density at radius 1 is 1.15 bits per heavy atom. The Balaban J connectivity index is 1.60. The number of rotatable bonds is 6. The van der Waals surface area contributed by atoms with Crippen molar-refractivity contribution in [2.45, 2.75) is 19.1 Å². The van der Waals surface area contributed by atoms with Crippen LogP contribution in [-0.4, -0.2) is 53.4 Å². The van der Waals surface area contributed by atoms with Crippen LogP contribution in [0.15, 0.2) is 54.7 Å². The highest BCUT2D eigenvalue weighted by Gasteiger charge is 2.40. The molecule has 34 heavy (non-hydrogen) atoms. The number of amides is 1. The third-order valence-electron chi connectivity index (χ3n) is 5.74. The first-order valence-electron chi connectivity index (χ1n) is 10.8. The molecule has 0 bridgehead atoms. The molecule has 0 aliphatic carbocycles. The topological polar surface area (TPSA) is 59.4 Å². The fraction of sp³-hybridized carbons (Fsp3) is 0.333. The van der Waals surface area contributed by atoms with Crippen LogP contribution in [0, 0.1) is 12.7 Å². The van der Waals surface area contributed by atoms with Gasteiger partial charge in [0.1, 0.15) is 5.82 Å². The van der Waals surface area contributed by atoms with E-state index in [1.165, 1.54) is 24.3 Å². The minimum Gasteiger partial charge on any atom is -0.379 e. The normalized spacial score (nSPS) is 15.8. The Morgan fingerprint density at radius 2 is 1.85 bits per heavy atom. The molecule has 1 aliphatic heterocycles. The van der Waals surface area contributed by atoms with Crippen LogP contribution in [0.4, 0.5) is 17.6 Å². The van der Waals surface area contributed by atoms with Crippen molar-refractivity contribution in [2.75, 3.05) is 32.8 Å². The first-order valence-corrected chi connectivity index (χ1v) is 10.8. The van der Waals surface area contributed by atoms with Gasteiger partial charge in [-0.2, -0.15) is 18.3 Å². The fourth-order valence-electron chi connectivity index (χ4n) is 4.01. The van der Waals surface area contributed by atoms with E-state index in [4.69, 9.17) is 4.74 Å². The summed E-state index contributed by atoms with van der Waals surface area (Å²) in [4.78, 5) is 14.9. The van der Waals surface area contributed by atoms with Crippen LogP contribution in [-0.2, 0) is 10.9 Å². The van der Waals surface area contributed by atoms with E-state index in [1.54, 1.807) is 24.3 Å². The maximum atomic E-state index is 14.0. The Morgan fingerprint density at radius 3 is 2.50 bits per heavy atom. The van der Waals surface area contributed by atoms with Gasteiger partial charge in [0.25, 0.3) is 5.91 Å². The van der Waals surface area contributed by atoms with E-state index in [1.807, 2.05) is 11.8 Å². The summed E-state index contributed by atoms with van der Waals surface area (Å²) in [5, 5.41) is 6.45. The average molecular weight is 476 g/mol. The number of aromatic nitrogens is 2. The average Bonchev–Trinajstić information content (AvgIpc) is 3.26. The predicted molar refractivity (Wildman–Crippen MR) is 117 cm³/mol. The molecule has 180 valence electrons. The Bertz CT molecular complexity index is 1140. The number of carbonyl (C=O) groups is 1. The third kappa shape index (κ3) is 5.28. The van der Waals surface area contributed by atoms with Crippen LogP contribution in [0.5, 0.6) is 0 Å². The molecule has 1 aliphatic rings. The summed E-state index contributed by atoms with van der Waals surface area (Å²) in [6, 6.07) is 11.9. The number of nitrogens with one attached hydrogen (secondary N) is 1. The van der Waals surface area contributed by atoms with Crippen LogP contribution >= 0.6 is 0 Å². The number of aryl methyl sites for hydroxylation is 1. The minimum atomic E-state index is -4.81. The molecule has 4 rings (SSSR count). The van der Waals surface area contributed by atoms with Gasteiger partial charge in [0, 0.05) is 19.6 Å². The fourth-order valence-corrected chi connectivity index (χ4v) is 4.01. The van der Waals surface area contributed by atoms with E-state index >= 15 is 0 Å². The molecular formula is C24H24F4N4O2. The van der Waals surface area contributed by atoms with E-state index in [-0.39, 0.29) is 12.2 Å². The molecule has 0 spiro atoms. The quantitative estimate of drug-likeness (QED) is 0.544. The second-order valence-electron chi connectivity index (χ2n) is 8.08. The second-order valence-corrected chi connectivity index (χ2v) is 8.08. The highest BCUT2D eigenvalue weighted by molar-refractivity contribution is 5.95. The van der Waals surface area contributed by atoms with E-state index < -0.39 is 35.2 Å². The Labute approximate surface area is 194 Å². The number of alkyl halides is 3. The minimum absolute atomic E-state index is 0.00467. The number of hydrogen-bond acceptors (Lipinski definition) is 4. The first-order chi connectivity index (χ1) is 16.2.